The third kappa shape index (κ3) is 9.95. The minimum absolute atomic E-state index is 0.0404. The third-order valence-electron chi connectivity index (χ3n) is 8.21. The van der Waals surface area contributed by atoms with Gasteiger partial charge in [0.25, 0.3) is 11.9 Å². The molecule has 0 saturated carbocycles. The van der Waals surface area contributed by atoms with Gasteiger partial charge >= 0.3 is 0 Å². The molecule has 2 aliphatic rings. The van der Waals surface area contributed by atoms with Crippen molar-refractivity contribution in [3.8, 4) is 23.0 Å². The molecule has 4 unspecified atom stereocenters. The van der Waals surface area contributed by atoms with Crippen molar-refractivity contribution >= 4 is 21.5 Å². The quantitative estimate of drug-likeness (QED) is 0.0545. The van der Waals surface area contributed by atoms with Crippen molar-refractivity contribution in [3.63, 3.8) is 0 Å². The summed E-state index contributed by atoms with van der Waals surface area (Å²) >= 11 is 0. The maximum Gasteiger partial charge on any atom is 0.258 e. The van der Waals surface area contributed by atoms with E-state index >= 15 is 0 Å². The highest BCUT2D eigenvalue weighted by Gasteiger charge is 2.32. The number of hydrogen-bond acceptors (Lipinski definition) is 8. The van der Waals surface area contributed by atoms with Crippen molar-refractivity contribution < 1.29 is 48.1 Å². The summed E-state index contributed by atoms with van der Waals surface area (Å²) in [5.74, 6) is 2.87. The SMILES string of the molecule is C=CCOCC(O)COc1ccc2ccc(OCC(O)COCC=C)c(Cc3c([OH+]CC4CO4)ccc4ccc(OCC5C[OH+]5)cc34)c2c1. The Balaban J connectivity index is 1.36. The molecule has 4 aromatic rings. The van der Waals surface area contributed by atoms with Crippen LogP contribution in [0.5, 0.6) is 23.0 Å². The highest BCUT2D eigenvalue weighted by Crippen LogP contribution is 2.39. The van der Waals surface area contributed by atoms with Crippen LogP contribution in [0.3, 0.4) is 0 Å². The molecular weight excluding hydrogens is 628 g/mol. The van der Waals surface area contributed by atoms with E-state index in [2.05, 4.69) is 42.2 Å². The van der Waals surface area contributed by atoms with Crippen molar-refractivity contribution in [2.24, 2.45) is 0 Å². The Morgan fingerprint density at radius 3 is 2.02 bits per heavy atom. The minimum atomic E-state index is -0.831. The lowest BCUT2D eigenvalue weighted by atomic mass is 9.93. The third-order valence-corrected chi connectivity index (χ3v) is 8.21. The molecule has 2 saturated heterocycles. The van der Waals surface area contributed by atoms with E-state index in [-0.39, 0.29) is 38.6 Å². The molecule has 0 bridgehead atoms. The normalized spacial score (nSPS) is 17.8. The standard InChI is InChI=1S/C39H44O10/c1-3-13-42-18-28(40)20-44-30-9-5-26-7-11-38(48-21-29(41)19-43-14-4-2)36(34(26)15-30)17-37-35-16-31(45-22-32-23-46-32)10-6-27(35)8-12-39(37)49-25-33-24-47-33/h3-12,15-16,28-29,32-33,40-41H,1-2,13-14,17-25H2/p+2. The number of ether oxygens (including phenoxy) is 8. The topological polar surface area (TPSA) is 125 Å². The van der Waals surface area contributed by atoms with Crippen LogP contribution in [0, 0.1) is 0 Å². The first-order valence-corrected chi connectivity index (χ1v) is 16.7. The van der Waals surface area contributed by atoms with E-state index < -0.39 is 12.2 Å². The summed E-state index contributed by atoms with van der Waals surface area (Å²) in [6, 6.07) is 20.0. The molecule has 2 aliphatic heterocycles. The van der Waals surface area contributed by atoms with Gasteiger partial charge in [0, 0.05) is 18.1 Å². The van der Waals surface area contributed by atoms with Gasteiger partial charge < -0.3 is 48.1 Å². The second-order valence-electron chi connectivity index (χ2n) is 12.3. The number of epoxide rings is 2. The van der Waals surface area contributed by atoms with Crippen LogP contribution in [0.2, 0.25) is 0 Å². The second-order valence-corrected chi connectivity index (χ2v) is 12.3. The fourth-order valence-corrected chi connectivity index (χ4v) is 5.49. The van der Waals surface area contributed by atoms with Crippen molar-refractivity contribution in [2.45, 2.75) is 30.8 Å². The summed E-state index contributed by atoms with van der Waals surface area (Å²) in [6.45, 7) is 11.1. The monoisotopic (exact) mass is 674 g/mol. The molecule has 10 nitrogen and oxygen atoms in total. The molecule has 4 N–H and O–H groups in total. The predicted molar refractivity (Wildman–Crippen MR) is 188 cm³/mol. The molecule has 6 rings (SSSR count). The molecule has 0 amide bonds. The average Bonchev–Trinajstić information content (AvgIpc) is 4.05. The summed E-state index contributed by atoms with van der Waals surface area (Å²) in [4.78, 5) is 0. The molecule has 49 heavy (non-hydrogen) atoms. The van der Waals surface area contributed by atoms with Crippen LogP contribution in [0.1, 0.15) is 11.1 Å². The zero-order chi connectivity index (χ0) is 34.0. The Hall–Kier alpha value is -4.16. The Kier molecular flexibility index (Phi) is 12.0. The van der Waals surface area contributed by atoms with Gasteiger partial charge in [-0.1, -0.05) is 30.4 Å². The van der Waals surface area contributed by atoms with Crippen LogP contribution in [-0.4, -0.2) is 110 Å². The van der Waals surface area contributed by atoms with Gasteiger partial charge in [0.05, 0.1) is 38.6 Å². The van der Waals surface area contributed by atoms with Crippen molar-refractivity contribution in [3.05, 3.63) is 97.1 Å². The lowest BCUT2D eigenvalue weighted by Gasteiger charge is -2.19. The lowest BCUT2D eigenvalue weighted by molar-refractivity contribution is 0.0212. The maximum absolute atomic E-state index is 10.6. The van der Waals surface area contributed by atoms with Crippen molar-refractivity contribution in [1.82, 2.24) is 0 Å². The Bertz CT molecular complexity index is 1700. The first-order chi connectivity index (χ1) is 24.0. The van der Waals surface area contributed by atoms with Gasteiger partial charge in [-0.2, -0.15) is 0 Å². The maximum atomic E-state index is 10.6. The van der Waals surface area contributed by atoms with Crippen LogP contribution < -0.4 is 14.2 Å². The largest absolute Gasteiger partial charge is 0.581 e. The molecule has 0 radical (unpaired) electrons. The number of rotatable bonds is 22. The van der Waals surface area contributed by atoms with E-state index in [4.69, 9.17) is 33.2 Å². The Morgan fingerprint density at radius 2 is 1.39 bits per heavy atom. The lowest BCUT2D eigenvalue weighted by Crippen LogP contribution is -2.24. The summed E-state index contributed by atoms with van der Waals surface area (Å²) in [5, 5.41) is 25.0. The highest BCUT2D eigenvalue weighted by atomic mass is 16.6. The number of benzene rings is 4. The molecule has 2 fully saturated rings. The number of fused-ring (bicyclic) bond motifs is 2. The molecule has 10 heteroatoms. The van der Waals surface area contributed by atoms with E-state index in [9.17, 15) is 10.2 Å². The van der Waals surface area contributed by atoms with Gasteiger partial charge in [0.15, 0.2) is 12.7 Å². The minimum Gasteiger partial charge on any atom is -0.581 e. The van der Waals surface area contributed by atoms with Gasteiger partial charge in [-0.3, -0.25) is 0 Å². The van der Waals surface area contributed by atoms with E-state index in [1.165, 1.54) is 0 Å². The zero-order valence-corrected chi connectivity index (χ0v) is 27.7. The molecule has 4 aromatic carbocycles. The first kappa shape index (κ1) is 34.7. The molecule has 260 valence electrons. The van der Waals surface area contributed by atoms with Crippen LogP contribution in [0.25, 0.3) is 21.5 Å². The fourth-order valence-electron chi connectivity index (χ4n) is 5.49. The Morgan fingerprint density at radius 1 is 0.796 bits per heavy atom. The zero-order valence-electron chi connectivity index (χ0n) is 27.7. The van der Waals surface area contributed by atoms with E-state index in [1.54, 1.807) is 12.2 Å². The van der Waals surface area contributed by atoms with Gasteiger partial charge in [-0.25, -0.2) is 0 Å². The van der Waals surface area contributed by atoms with Crippen LogP contribution >= 0.6 is 0 Å². The van der Waals surface area contributed by atoms with E-state index in [1.807, 2.05) is 36.4 Å². The van der Waals surface area contributed by atoms with Gasteiger partial charge in [0.2, 0.25) is 13.2 Å². The van der Waals surface area contributed by atoms with Gasteiger partial charge in [-0.05, 0) is 57.9 Å². The average molecular weight is 675 g/mol. The number of hydrogen-bond donors (Lipinski definition) is 2. The highest BCUT2D eigenvalue weighted by molar-refractivity contribution is 5.92. The summed E-state index contributed by atoms with van der Waals surface area (Å²) in [5.41, 5.74) is 1.93. The van der Waals surface area contributed by atoms with Crippen LogP contribution in [0.15, 0.2) is 86.0 Å². The van der Waals surface area contributed by atoms with Crippen LogP contribution in [0.4, 0.5) is 0 Å². The van der Waals surface area contributed by atoms with Gasteiger partial charge in [0.1, 0.15) is 42.7 Å². The van der Waals surface area contributed by atoms with Crippen LogP contribution in [-0.2, 0) is 20.6 Å². The van der Waals surface area contributed by atoms with E-state index in [0.29, 0.717) is 51.0 Å². The first-order valence-electron chi connectivity index (χ1n) is 16.7. The summed E-state index contributed by atoms with van der Waals surface area (Å²) < 4.78 is 44.1. The predicted octanol–water partition coefficient (Wildman–Crippen LogP) is 4.40. The smallest absolute Gasteiger partial charge is 0.258 e. The number of aromatic hydroxyl groups is 1. The second kappa shape index (κ2) is 17.0. The number of aliphatic hydroxyl groups excluding tert-OH is 2. The molecule has 0 aliphatic carbocycles. The number of aliphatic hydroxyl groups is 5. The fraction of sp³-hybridized carbons (Fsp3) is 0.385. The molecule has 4 atom stereocenters. The van der Waals surface area contributed by atoms with Gasteiger partial charge in [-0.15, -0.1) is 13.2 Å². The van der Waals surface area contributed by atoms with E-state index in [0.717, 1.165) is 50.8 Å². The molecular formula is C39H46O10+2. The molecule has 0 aromatic heterocycles. The van der Waals surface area contributed by atoms with Crippen molar-refractivity contribution in [2.75, 3.05) is 66.1 Å². The summed E-state index contributed by atoms with van der Waals surface area (Å²) in [7, 11) is 0. The molecule has 2 heterocycles. The van der Waals surface area contributed by atoms with Crippen molar-refractivity contribution in [1.29, 1.82) is 0 Å². The molecule has 0 spiro atoms. The summed E-state index contributed by atoms with van der Waals surface area (Å²) in [6.07, 6.45) is 2.52. The Labute approximate surface area is 286 Å².